The summed E-state index contributed by atoms with van der Waals surface area (Å²) < 4.78 is 1.83. The molecule has 0 aliphatic rings. The first-order chi connectivity index (χ1) is 11.1. The minimum atomic E-state index is -0.136. The van der Waals surface area contributed by atoms with E-state index in [1.165, 1.54) is 11.8 Å². The van der Waals surface area contributed by atoms with Crippen molar-refractivity contribution in [1.29, 1.82) is 0 Å². The van der Waals surface area contributed by atoms with Crippen molar-refractivity contribution < 1.29 is 4.79 Å². The maximum atomic E-state index is 12.4. The average molecular weight is 347 g/mol. The number of rotatable bonds is 5. The van der Waals surface area contributed by atoms with Gasteiger partial charge in [0.15, 0.2) is 0 Å². The number of hydrogen-bond acceptors (Lipinski definition) is 6. The minimum absolute atomic E-state index is 0.136. The van der Waals surface area contributed by atoms with Gasteiger partial charge >= 0.3 is 0 Å². The van der Waals surface area contributed by atoms with Gasteiger partial charge in [0.05, 0.1) is 23.5 Å². The topological polar surface area (TPSA) is 72.2 Å². The van der Waals surface area contributed by atoms with Crippen LogP contribution in [0, 0.1) is 6.92 Å². The molecule has 0 radical (unpaired) electrons. The van der Waals surface area contributed by atoms with Crippen molar-refractivity contribution in [3.63, 3.8) is 0 Å². The Balaban J connectivity index is 1.81. The van der Waals surface area contributed by atoms with Gasteiger partial charge in [-0.3, -0.25) is 4.79 Å². The molecule has 3 heterocycles. The first-order valence-electron chi connectivity index (χ1n) is 7.25. The summed E-state index contributed by atoms with van der Waals surface area (Å²) >= 11 is 3.04. The molecule has 1 N–H and O–H groups in total. The largest absolute Gasteiger partial charge is 0.346 e. The van der Waals surface area contributed by atoms with E-state index < -0.39 is 0 Å². The molecule has 0 unspecified atom stereocenters. The molecule has 0 spiro atoms. The molecule has 3 rings (SSSR count). The molecular formula is C15H17N5OS2. The zero-order valence-corrected chi connectivity index (χ0v) is 14.8. The van der Waals surface area contributed by atoms with E-state index in [0.717, 1.165) is 32.8 Å². The molecule has 0 aliphatic heterocycles. The number of amides is 1. The fourth-order valence-electron chi connectivity index (χ4n) is 2.26. The number of fused-ring (bicyclic) bond motifs is 1. The van der Waals surface area contributed by atoms with E-state index in [9.17, 15) is 4.79 Å². The van der Waals surface area contributed by atoms with Gasteiger partial charge < -0.3 is 5.32 Å². The van der Waals surface area contributed by atoms with Crippen molar-refractivity contribution in [2.24, 2.45) is 0 Å². The lowest BCUT2D eigenvalue weighted by atomic mass is 10.2. The van der Waals surface area contributed by atoms with E-state index in [-0.39, 0.29) is 5.91 Å². The van der Waals surface area contributed by atoms with Crippen LogP contribution in [0.3, 0.4) is 0 Å². The van der Waals surface area contributed by atoms with Crippen molar-refractivity contribution >= 4 is 34.0 Å². The van der Waals surface area contributed by atoms with Gasteiger partial charge in [0.25, 0.3) is 5.91 Å². The Morgan fingerprint density at radius 2 is 2.30 bits per heavy atom. The lowest BCUT2D eigenvalue weighted by Gasteiger charge is -2.07. The molecule has 0 atom stereocenters. The third-order valence-corrected chi connectivity index (χ3v) is 5.23. The van der Waals surface area contributed by atoms with Crippen LogP contribution < -0.4 is 5.32 Å². The smallest absolute Gasteiger partial charge is 0.254 e. The van der Waals surface area contributed by atoms with Crippen LogP contribution in [0.5, 0.6) is 0 Å². The molecular weight excluding hydrogens is 330 g/mol. The van der Waals surface area contributed by atoms with Gasteiger partial charge in [-0.25, -0.2) is 14.5 Å². The Hall–Kier alpha value is -1.93. The Labute approximate surface area is 142 Å². The molecule has 1 amide bonds. The van der Waals surface area contributed by atoms with Crippen LogP contribution in [-0.4, -0.2) is 31.7 Å². The Kier molecular flexibility index (Phi) is 4.63. The summed E-state index contributed by atoms with van der Waals surface area (Å²) in [6.07, 6.45) is 4.48. The predicted molar refractivity (Wildman–Crippen MR) is 92.2 cm³/mol. The van der Waals surface area contributed by atoms with Gasteiger partial charge in [-0.05, 0) is 31.7 Å². The first-order valence-corrected chi connectivity index (χ1v) is 9.29. The monoisotopic (exact) mass is 347 g/mol. The van der Waals surface area contributed by atoms with Crippen LogP contribution in [0.25, 0.3) is 4.96 Å². The average Bonchev–Trinajstić information content (AvgIpc) is 3.09. The molecule has 3 aromatic heterocycles. The quantitative estimate of drug-likeness (QED) is 0.719. The lowest BCUT2D eigenvalue weighted by Crippen LogP contribution is -2.24. The van der Waals surface area contributed by atoms with Gasteiger partial charge in [0.1, 0.15) is 10.0 Å². The van der Waals surface area contributed by atoms with Gasteiger partial charge in [-0.2, -0.15) is 5.10 Å². The third kappa shape index (κ3) is 3.09. The Bertz CT molecular complexity index is 855. The highest BCUT2D eigenvalue weighted by Crippen LogP contribution is 2.20. The van der Waals surface area contributed by atoms with E-state index in [1.54, 1.807) is 29.7 Å². The summed E-state index contributed by atoms with van der Waals surface area (Å²) in [6, 6.07) is 3.55. The minimum Gasteiger partial charge on any atom is -0.346 e. The summed E-state index contributed by atoms with van der Waals surface area (Å²) in [6.45, 7) is 4.40. The normalized spacial score (nSPS) is 11.1. The number of nitrogens with one attached hydrogen (secondary N) is 1. The summed E-state index contributed by atoms with van der Waals surface area (Å²) in [5, 5.41) is 9.25. The van der Waals surface area contributed by atoms with Crippen LogP contribution in [0.4, 0.5) is 0 Å². The number of aromatic nitrogens is 4. The van der Waals surface area contributed by atoms with Crippen LogP contribution in [0.15, 0.2) is 23.4 Å². The molecule has 8 heteroatoms. The second kappa shape index (κ2) is 6.67. The molecule has 120 valence electrons. The van der Waals surface area contributed by atoms with Crippen molar-refractivity contribution in [2.75, 3.05) is 6.26 Å². The van der Waals surface area contributed by atoms with Crippen molar-refractivity contribution in [3.8, 4) is 0 Å². The summed E-state index contributed by atoms with van der Waals surface area (Å²) in [5.41, 5.74) is 2.40. The van der Waals surface area contributed by atoms with E-state index >= 15 is 0 Å². The Morgan fingerprint density at radius 3 is 3.04 bits per heavy atom. The van der Waals surface area contributed by atoms with E-state index in [2.05, 4.69) is 27.3 Å². The van der Waals surface area contributed by atoms with Crippen LogP contribution >= 0.6 is 23.1 Å². The summed E-state index contributed by atoms with van der Waals surface area (Å²) in [7, 11) is 0. The van der Waals surface area contributed by atoms with Gasteiger partial charge in [0.2, 0.25) is 4.96 Å². The Morgan fingerprint density at radius 1 is 1.48 bits per heavy atom. The number of nitrogens with zero attached hydrogens (tertiary/aromatic N) is 4. The van der Waals surface area contributed by atoms with E-state index in [4.69, 9.17) is 0 Å². The number of pyridine rings is 1. The second-order valence-corrected chi connectivity index (χ2v) is 6.77. The van der Waals surface area contributed by atoms with Crippen LogP contribution in [0.2, 0.25) is 0 Å². The SMILES string of the molecule is CCc1nn2c(CNC(=O)c3cccnc3SC)c(C)nc2s1. The van der Waals surface area contributed by atoms with Crippen molar-refractivity contribution in [1.82, 2.24) is 24.9 Å². The summed E-state index contributed by atoms with van der Waals surface area (Å²) in [5.74, 6) is -0.136. The molecule has 0 saturated heterocycles. The fraction of sp³-hybridized carbons (Fsp3) is 0.333. The van der Waals surface area contributed by atoms with E-state index in [1.807, 2.05) is 17.7 Å². The highest BCUT2D eigenvalue weighted by Gasteiger charge is 2.16. The molecule has 0 aromatic carbocycles. The summed E-state index contributed by atoms with van der Waals surface area (Å²) in [4.78, 5) is 22.0. The van der Waals surface area contributed by atoms with Crippen molar-refractivity contribution in [2.45, 2.75) is 31.8 Å². The third-order valence-electron chi connectivity index (χ3n) is 3.47. The molecule has 0 saturated carbocycles. The standard InChI is InChI=1S/C15H17N5OS2/c1-4-12-19-20-11(9(2)18-15(20)23-12)8-17-13(21)10-6-5-7-16-14(10)22-3/h5-7H,4,8H2,1-3H3,(H,17,21). The highest BCUT2D eigenvalue weighted by molar-refractivity contribution is 7.98. The molecule has 0 fully saturated rings. The zero-order valence-electron chi connectivity index (χ0n) is 13.2. The van der Waals surface area contributed by atoms with Crippen molar-refractivity contribution in [3.05, 3.63) is 40.3 Å². The van der Waals surface area contributed by atoms with E-state index in [0.29, 0.717) is 12.1 Å². The van der Waals surface area contributed by atoms with Gasteiger partial charge in [-0.1, -0.05) is 18.3 Å². The maximum absolute atomic E-state index is 12.4. The molecule has 3 aromatic rings. The zero-order chi connectivity index (χ0) is 16.4. The fourth-order valence-corrected chi connectivity index (χ4v) is 3.71. The molecule has 6 nitrogen and oxygen atoms in total. The number of carbonyl (C=O) groups is 1. The maximum Gasteiger partial charge on any atom is 0.254 e. The van der Waals surface area contributed by atoms with Crippen LogP contribution in [-0.2, 0) is 13.0 Å². The number of imidazole rings is 1. The molecule has 23 heavy (non-hydrogen) atoms. The predicted octanol–water partition coefficient (Wildman–Crippen LogP) is 2.71. The molecule has 0 aliphatic carbocycles. The van der Waals surface area contributed by atoms with Gasteiger partial charge in [0, 0.05) is 6.20 Å². The number of carbonyl (C=O) groups excluding carboxylic acids is 1. The highest BCUT2D eigenvalue weighted by atomic mass is 32.2. The van der Waals surface area contributed by atoms with Crippen LogP contribution in [0.1, 0.15) is 33.7 Å². The number of thioether (sulfide) groups is 1. The molecule has 0 bridgehead atoms. The number of aryl methyl sites for hydroxylation is 2. The lowest BCUT2D eigenvalue weighted by molar-refractivity contribution is 0.0946. The second-order valence-electron chi connectivity index (χ2n) is 4.93. The number of hydrogen-bond donors (Lipinski definition) is 1. The van der Waals surface area contributed by atoms with Gasteiger partial charge in [-0.15, -0.1) is 11.8 Å². The first kappa shape index (κ1) is 15.9.